The predicted octanol–water partition coefficient (Wildman–Crippen LogP) is 1.09. The van der Waals surface area contributed by atoms with E-state index in [1.807, 2.05) is 24.3 Å². The molecule has 0 radical (unpaired) electrons. The molecule has 19 heavy (non-hydrogen) atoms. The van der Waals surface area contributed by atoms with Gasteiger partial charge in [0.05, 0.1) is 12.7 Å². The van der Waals surface area contributed by atoms with Crippen molar-refractivity contribution in [1.82, 2.24) is 4.90 Å². The molecule has 5 heteroatoms. The number of hydrogen-bond acceptors (Lipinski definition) is 4. The van der Waals surface area contributed by atoms with Gasteiger partial charge in [-0.2, -0.15) is 0 Å². The Labute approximate surface area is 120 Å². The first kappa shape index (κ1) is 14.2. The minimum Gasteiger partial charge on any atom is -0.389 e. The van der Waals surface area contributed by atoms with Gasteiger partial charge in [-0.3, -0.25) is 0 Å². The van der Waals surface area contributed by atoms with E-state index in [1.165, 1.54) is 0 Å². The summed E-state index contributed by atoms with van der Waals surface area (Å²) in [5.41, 5.74) is 7.76. The summed E-state index contributed by atoms with van der Waals surface area (Å²) in [6.07, 6.45) is 0.225. The quantitative estimate of drug-likeness (QED) is 0.836. The Hall–Kier alpha value is -1.17. The third kappa shape index (κ3) is 3.65. The van der Waals surface area contributed by atoms with Crippen LogP contribution in [-0.2, 0) is 4.74 Å². The van der Waals surface area contributed by atoms with Crippen LogP contribution in [0.25, 0.3) is 0 Å². The second-order valence-corrected chi connectivity index (χ2v) is 5.46. The number of thiocarbonyl (C=S) groups is 1. The maximum absolute atomic E-state index is 5.79. The zero-order chi connectivity index (χ0) is 13.8. The van der Waals surface area contributed by atoms with Gasteiger partial charge in [-0.15, -0.1) is 0 Å². The topological polar surface area (TPSA) is 41.7 Å². The fourth-order valence-electron chi connectivity index (χ4n) is 2.40. The van der Waals surface area contributed by atoms with Gasteiger partial charge in [-0.1, -0.05) is 24.4 Å². The number of likely N-dealkylation sites (N-methyl/N-ethyl adjacent to an activating group) is 2. The molecule has 1 atom stereocenters. The molecule has 2 rings (SSSR count). The molecule has 0 spiro atoms. The van der Waals surface area contributed by atoms with E-state index in [-0.39, 0.29) is 6.10 Å². The van der Waals surface area contributed by atoms with Crippen LogP contribution in [0.1, 0.15) is 5.56 Å². The van der Waals surface area contributed by atoms with Gasteiger partial charge in [-0.05, 0) is 19.2 Å². The minimum absolute atomic E-state index is 0.225. The Kier molecular flexibility index (Phi) is 4.74. The summed E-state index contributed by atoms with van der Waals surface area (Å²) in [5.74, 6) is 0. The predicted molar refractivity (Wildman–Crippen MR) is 82.8 cm³/mol. The van der Waals surface area contributed by atoms with Crippen LogP contribution in [0, 0.1) is 0 Å². The molecule has 1 aliphatic rings. The fraction of sp³-hybridized carbons (Fsp3) is 0.500. The number of ether oxygens (including phenoxy) is 1. The van der Waals surface area contributed by atoms with E-state index in [0.29, 0.717) is 4.99 Å². The van der Waals surface area contributed by atoms with Crippen LogP contribution in [0.4, 0.5) is 5.69 Å². The van der Waals surface area contributed by atoms with Gasteiger partial charge in [0.2, 0.25) is 0 Å². The second-order valence-electron chi connectivity index (χ2n) is 5.02. The van der Waals surface area contributed by atoms with Crippen molar-refractivity contribution in [3.8, 4) is 0 Å². The zero-order valence-corrected chi connectivity index (χ0v) is 12.3. The first-order chi connectivity index (χ1) is 9.08. The number of benzene rings is 1. The van der Waals surface area contributed by atoms with Crippen molar-refractivity contribution in [2.24, 2.45) is 5.73 Å². The van der Waals surface area contributed by atoms with Gasteiger partial charge in [0.25, 0.3) is 0 Å². The van der Waals surface area contributed by atoms with E-state index in [9.17, 15) is 0 Å². The minimum atomic E-state index is 0.225. The summed E-state index contributed by atoms with van der Waals surface area (Å²) in [4.78, 5) is 4.89. The van der Waals surface area contributed by atoms with E-state index in [2.05, 4.69) is 23.9 Å². The first-order valence-electron chi connectivity index (χ1n) is 6.48. The van der Waals surface area contributed by atoms with Crippen LogP contribution in [0.3, 0.4) is 0 Å². The number of rotatable bonds is 4. The molecule has 1 aromatic rings. The Balaban J connectivity index is 2.07. The first-order valence-corrected chi connectivity index (χ1v) is 6.89. The SMILES string of the molecule is CN1CCOC(CN(C)c2ccccc2C(N)=S)C1. The average Bonchev–Trinajstić information content (AvgIpc) is 2.38. The van der Waals surface area contributed by atoms with Crippen LogP contribution in [0.15, 0.2) is 24.3 Å². The van der Waals surface area contributed by atoms with Crippen molar-refractivity contribution in [3.05, 3.63) is 29.8 Å². The summed E-state index contributed by atoms with van der Waals surface area (Å²) in [5, 5.41) is 0. The highest BCUT2D eigenvalue weighted by Crippen LogP contribution is 2.20. The van der Waals surface area contributed by atoms with Crippen molar-refractivity contribution in [3.63, 3.8) is 0 Å². The monoisotopic (exact) mass is 279 g/mol. The van der Waals surface area contributed by atoms with E-state index in [1.54, 1.807) is 0 Å². The van der Waals surface area contributed by atoms with Gasteiger partial charge in [0, 0.05) is 37.9 Å². The summed E-state index contributed by atoms with van der Waals surface area (Å²) in [6.45, 7) is 3.60. The number of nitrogens with two attached hydrogens (primary N) is 1. The summed E-state index contributed by atoms with van der Waals surface area (Å²) in [6, 6.07) is 7.96. The normalized spacial score (nSPS) is 20.2. The zero-order valence-electron chi connectivity index (χ0n) is 11.5. The molecule has 1 aliphatic heterocycles. The second kappa shape index (κ2) is 6.32. The summed E-state index contributed by atoms with van der Waals surface area (Å²) < 4.78 is 5.79. The lowest BCUT2D eigenvalue weighted by Gasteiger charge is -2.33. The van der Waals surface area contributed by atoms with Crippen LogP contribution < -0.4 is 10.6 Å². The molecule has 0 bridgehead atoms. The highest BCUT2D eigenvalue weighted by atomic mass is 32.1. The summed E-state index contributed by atoms with van der Waals surface area (Å²) >= 11 is 5.10. The van der Waals surface area contributed by atoms with Crippen LogP contribution in [-0.4, -0.2) is 56.3 Å². The largest absolute Gasteiger partial charge is 0.389 e. The average molecular weight is 279 g/mol. The molecule has 1 fully saturated rings. The van der Waals surface area contributed by atoms with Crippen molar-refractivity contribution >= 4 is 22.9 Å². The third-order valence-corrected chi connectivity index (χ3v) is 3.62. The van der Waals surface area contributed by atoms with Gasteiger partial charge in [-0.25, -0.2) is 0 Å². The molecule has 2 N–H and O–H groups in total. The van der Waals surface area contributed by atoms with E-state index in [0.717, 1.165) is 37.5 Å². The van der Waals surface area contributed by atoms with Crippen molar-refractivity contribution in [2.45, 2.75) is 6.10 Å². The number of nitrogens with zero attached hydrogens (tertiary/aromatic N) is 2. The molecular weight excluding hydrogens is 258 g/mol. The van der Waals surface area contributed by atoms with Gasteiger partial charge < -0.3 is 20.3 Å². The number of para-hydroxylation sites is 1. The lowest BCUT2D eigenvalue weighted by atomic mass is 10.1. The van der Waals surface area contributed by atoms with Crippen LogP contribution >= 0.6 is 12.2 Å². The maximum Gasteiger partial charge on any atom is 0.106 e. The fourth-order valence-corrected chi connectivity index (χ4v) is 2.57. The number of anilines is 1. The Morgan fingerprint density at radius 3 is 2.95 bits per heavy atom. The lowest BCUT2D eigenvalue weighted by molar-refractivity contribution is -0.0143. The molecule has 104 valence electrons. The molecule has 1 unspecified atom stereocenters. The molecule has 0 aliphatic carbocycles. The van der Waals surface area contributed by atoms with Crippen LogP contribution in [0.2, 0.25) is 0 Å². The number of hydrogen-bond donors (Lipinski definition) is 1. The third-order valence-electron chi connectivity index (χ3n) is 3.40. The highest BCUT2D eigenvalue weighted by molar-refractivity contribution is 7.80. The van der Waals surface area contributed by atoms with E-state index < -0.39 is 0 Å². The maximum atomic E-state index is 5.79. The Morgan fingerprint density at radius 1 is 1.53 bits per heavy atom. The highest BCUT2D eigenvalue weighted by Gasteiger charge is 2.20. The standard InChI is InChI=1S/C14H21N3OS/c1-16-7-8-18-11(9-16)10-17(2)13-6-4-3-5-12(13)14(15)19/h3-6,11H,7-10H2,1-2H3,(H2,15,19). The van der Waals surface area contributed by atoms with Gasteiger partial charge >= 0.3 is 0 Å². The van der Waals surface area contributed by atoms with Crippen molar-refractivity contribution in [2.75, 3.05) is 45.2 Å². The molecule has 1 saturated heterocycles. The smallest absolute Gasteiger partial charge is 0.106 e. The molecule has 1 heterocycles. The Morgan fingerprint density at radius 2 is 2.26 bits per heavy atom. The van der Waals surface area contributed by atoms with E-state index in [4.69, 9.17) is 22.7 Å². The molecular formula is C14H21N3OS. The molecule has 4 nitrogen and oxygen atoms in total. The molecule has 0 amide bonds. The summed E-state index contributed by atoms with van der Waals surface area (Å²) in [7, 11) is 4.17. The molecule has 0 aromatic heterocycles. The lowest BCUT2D eigenvalue weighted by Crippen LogP contribution is -2.45. The van der Waals surface area contributed by atoms with Crippen molar-refractivity contribution < 1.29 is 4.74 Å². The Bertz CT molecular complexity index is 452. The molecule has 0 saturated carbocycles. The number of morpholine rings is 1. The molecule has 1 aromatic carbocycles. The van der Waals surface area contributed by atoms with Crippen molar-refractivity contribution in [1.29, 1.82) is 0 Å². The van der Waals surface area contributed by atoms with E-state index >= 15 is 0 Å². The van der Waals surface area contributed by atoms with Crippen LogP contribution in [0.5, 0.6) is 0 Å². The van der Waals surface area contributed by atoms with Gasteiger partial charge in [0.15, 0.2) is 0 Å². The van der Waals surface area contributed by atoms with Gasteiger partial charge in [0.1, 0.15) is 4.99 Å².